The summed E-state index contributed by atoms with van der Waals surface area (Å²) in [6, 6.07) is 17.0. The molecule has 3 aromatic rings. The van der Waals surface area contributed by atoms with Gasteiger partial charge in [0.15, 0.2) is 0 Å². The van der Waals surface area contributed by atoms with E-state index in [-0.39, 0.29) is 5.56 Å². The van der Waals surface area contributed by atoms with Gasteiger partial charge in [-0.25, -0.2) is 4.68 Å². The molecule has 0 aliphatic heterocycles. The quantitative estimate of drug-likeness (QED) is 0.759. The van der Waals surface area contributed by atoms with Crippen LogP contribution in [0.4, 0.5) is 0 Å². The Morgan fingerprint density at radius 1 is 1.00 bits per heavy atom. The molecule has 0 fully saturated rings. The summed E-state index contributed by atoms with van der Waals surface area (Å²) in [5.41, 5.74) is 1.30. The highest BCUT2D eigenvalue weighted by Gasteiger charge is 2.06. The van der Waals surface area contributed by atoms with Gasteiger partial charge in [0.05, 0.1) is 5.69 Å². The van der Waals surface area contributed by atoms with E-state index in [1.165, 1.54) is 6.07 Å². The standard InChI is InChI=1S/C15H12N2O2/c18-10-17-15(19)9-8-14(16-17)13-7-3-5-11-4-1-2-6-12(11)13/h1-9,18H,10H2. The van der Waals surface area contributed by atoms with Gasteiger partial charge in [-0.2, -0.15) is 5.10 Å². The van der Waals surface area contributed by atoms with Crippen LogP contribution < -0.4 is 5.56 Å². The number of hydrogen-bond acceptors (Lipinski definition) is 3. The van der Waals surface area contributed by atoms with Crippen molar-refractivity contribution in [1.29, 1.82) is 0 Å². The van der Waals surface area contributed by atoms with Crippen molar-refractivity contribution in [3.63, 3.8) is 0 Å². The molecule has 0 aliphatic rings. The van der Waals surface area contributed by atoms with E-state index in [2.05, 4.69) is 5.10 Å². The van der Waals surface area contributed by atoms with Crippen LogP contribution >= 0.6 is 0 Å². The minimum absolute atomic E-state index is 0.313. The molecule has 0 saturated heterocycles. The molecule has 0 amide bonds. The average molecular weight is 252 g/mol. The number of hydrogen-bond donors (Lipinski definition) is 1. The fraction of sp³-hybridized carbons (Fsp3) is 0.0667. The Hall–Kier alpha value is -2.46. The molecule has 0 atom stereocenters. The Labute approximate surface area is 109 Å². The van der Waals surface area contributed by atoms with Crippen LogP contribution in [0.1, 0.15) is 0 Å². The van der Waals surface area contributed by atoms with Crippen molar-refractivity contribution >= 4 is 10.8 Å². The maximum atomic E-state index is 11.4. The van der Waals surface area contributed by atoms with E-state index in [4.69, 9.17) is 5.11 Å². The summed E-state index contributed by atoms with van der Waals surface area (Å²) >= 11 is 0. The molecule has 2 aromatic carbocycles. The molecular formula is C15H12N2O2. The first-order valence-corrected chi connectivity index (χ1v) is 5.97. The molecular weight excluding hydrogens is 240 g/mol. The topological polar surface area (TPSA) is 55.1 Å². The summed E-state index contributed by atoms with van der Waals surface area (Å²) in [7, 11) is 0. The Morgan fingerprint density at radius 2 is 1.79 bits per heavy atom. The third-order valence-electron chi connectivity index (χ3n) is 3.07. The van der Waals surface area contributed by atoms with E-state index in [1.54, 1.807) is 6.07 Å². The summed E-state index contributed by atoms with van der Waals surface area (Å²) in [6.07, 6.45) is 0. The lowest BCUT2D eigenvalue weighted by Crippen LogP contribution is -2.22. The monoisotopic (exact) mass is 252 g/mol. The van der Waals surface area contributed by atoms with Crippen LogP contribution in [0.25, 0.3) is 22.0 Å². The molecule has 0 spiro atoms. The number of aliphatic hydroxyl groups is 1. The number of aliphatic hydroxyl groups excluding tert-OH is 1. The summed E-state index contributed by atoms with van der Waals surface area (Å²) in [5, 5.41) is 15.5. The normalized spacial score (nSPS) is 10.8. The zero-order valence-electron chi connectivity index (χ0n) is 10.2. The minimum atomic E-state index is -0.419. The lowest BCUT2D eigenvalue weighted by molar-refractivity contribution is 0.189. The summed E-state index contributed by atoms with van der Waals surface area (Å²) < 4.78 is 1.04. The van der Waals surface area contributed by atoms with Gasteiger partial charge < -0.3 is 5.11 Å². The second-order valence-corrected chi connectivity index (χ2v) is 4.22. The third-order valence-corrected chi connectivity index (χ3v) is 3.07. The van der Waals surface area contributed by atoms with Crippen LogP contribution in [0.5, 0.6) is 0 Å². The van der Waals surface area contributed by atoms with Gasteiger partial charge in [-0.3, -0.25) is 4.79 Å². The predicted molar refractivity (Wildman–Crippen MR) is 73.7 cm³/mol. The van der Waals surface area contributed by atoms with Gasteiger partial charge in [0.25, 0.3) is 5.56 Å². The molecule has 94 valence electrons. The SMILES string of the molecule is O=c1ccc(-c2cccc3ccccc23)nn1CO. The lowest BCUT2D eigenvalue weighted by atomic mass is 10.0. The first-order chi connectivity index (χ1) is 9.29. The van der Waals surface area contributed by atoms with Gasteiger partial charge >= 0.3 is 0 Å². The van der Waals surface area contributed by atoms with Gasteiger partial charge in [0.2, 0.25) is 0 Å². The molecule has 1 aromatic heterocycles. The van der Waals surface area contributed by atoms with Crippen molar-refractivity contribution in [2.75, 3.05) is 0 Å². The van der Waals surface area contributed by atoms with Gasteiger partial charge in [0.1, 0.15) is 6.73 Å². The number of aromatic nitrogens is 2. The van der Waals surface area contributed by atoms with Crippen molar-refractivity contribution < 1.29 is 5.11 Å². The zero-order valence-corrected chi connectivity index (χ0v) is 10.2. The molecule has 0 saturated carbocycles. The first kappa shape index (κ1) is 11.6. The van der Waals surface area contributed by atoms with E-state index < -0.39 is 6.73 Å². The highest BCUT2D eigenvalue weighted by molar-refractivity contribution is 5.95. The van der Waals surface area contributed by atoms with E-state index in [0.717, 1.165) is 21.0 Å². The largest absolute Gasteiger partial charge is 0.374 e. The van der Waals surface area contributed by atoms with Crippen molar-refractivity contribution in [2.45, 2.75) is 6.73 Å². The maximum absolute atomic E-state index is 11.4. The molecule has 4 nitrogen and oxygen atoms in total. The van der Waals surface area contributed by atoms with E-state index in [1.807, 2.05) is 42.5 Å². The van der Waals surface area contributed by atoms with Gasteiger partial charge in [-0.05, 0) is 16.8 Å². The average Bonchev–Trinajstić information content (AvgIpc) is 2.47. The molecule has 1 N–H and O–H groups in total. The fourth-order valence-electron chi connectivity index (χ4n) is 2.14. The second-order valence-electron chi connectivity index (χ2n) is 4.22. The molecule has 4 heteroatoms. The smallest absolute Gasteiger partial charge is 0.268 e. The third kappa shape index (κ3) is 2.02. The Bertz CT molecular complexity index is 788. The van der Waals surface area contributed by atoms with Crippen LogP contribution in [0.3, 0.4) is 0 Å². The van der Waals surface area contributed by atoms with Crippen molar-refractivity contribution in [3.8, 4) is 11.3 Å². The van der Waals surface area contributed by atoms with Crippen LogP contribution in [0.15, 0.2) is 59.4 Å². The Kier molecular flexibility index (Phi) is 2.85. The molecule has 0 bridgehead atoms. The highest BCUT2D eigenvalue weighted by Crippen LogP contribution is 2.26. The van der Waals surface area contributed by atoms with Crippen LogP contribution in [0.2, 0.25) is 0 Å². The summed E-state index contributed by atoms with van der Waals surface area (Å²) in [6.45, 7) is -0.419. The van der Waals surface area contributed by atoms with Crippen molar-refractivity contribution in [2.24, 2.45) is 0 Å². The van der Waals surface area contributed by atoms with E-state index in [9.17, 15) is 4.79 Å². The van der Waals surface area contributed by atoms with Crippen molar-refractivity contribution in [1.82, 2.24) is 9.78 Å². The number of fused-ring (bicyclic) bond motifs is 1. The Balaban J connectivity index is 2.27. The van der Waals surface area contributed by atoms with Crippen LogP contribution in [0, 0.1) is 0 Å². The molecule has 19 heavy (non-hydrogen) atoms. The van der Waals surface area contributed by atoms with Gasteiger partial charge in [0, 0.05) is 11.6 Å². The molecule has 3 rings (SSSR count). The molecule has 1 heterocycles. The predicted octanol–water partition coefficient (Wildman–Crippen LogP) is 2.01. The van der Waals surface area contributed by atoms with E-state index >= 15 is 0 Å². The first-order valence-electron chi connectivity index (χ1n) is 5.97. The van der Waals surface area contributed by atoms with Crippen molar-refractivity contribution in [3.05, 3.63) is 65.0 Å². The number of rotatable bonds is 2. The Morgan fingerprint density at radius 3 is 2.63 bits per heavy atom. The summed E-state index contributed by atoms with van der Waals surface area (Å²) in [5.74, 6) is 0. The number of nitrogens with zero attached hydrogens (tertiary/aromatic N) is 2. The van der Waals surface area contributed by atoms with Crippen LogP contribution in [-0.4, -0.2) is 14.9 Å². The van der Waals surface area contributed by atoms with E-state index in [0.29, 0.717) is 5.69 Å². The fourth-order valence-corrected chi connectivity index (χ4v) is 2.14. The number of benzene rings is 2. The molecule has 0 unspecified atom stereocenters. The second kappa shape index (κ2) is 4.66. The summed E-state index contributed by atoms with van der Waals surface area (Å²) in [4.78, 5) is 11.4. The zero-order chi connectivity index (χ0) is 13.2. The van der Waals surface area contributed by atoms with Gasteiger partial charge in [-0.1, -0.05) is 42.5 Å². The maximum Gasteiger partial charge on any atom is 0.268 e. The van der Waals surface area contributed by atoms with Crippen LogP contribution in [-0.2, 0) is 6.73 Å². The minimum Gasteiger partial charge on any atom is -0.374 e. The lowest BCUT2D eigenvalue weighted by Gasteiger charge is -2.07. The molecule has 0 radical (unpaired) electrons. The van der Waals surface area contributed by atoms with Gasteiger partial charge in [-0.15, -0.1) is 0 Å². The highest BCUT2D eigenvalue weighted by atomic mass is 16.3. The molecule has 0 aliphatic carbocycles.